The molecule has 3 aromatic rings. The van der Waals surface area contributed by atoms with Gasteiger partial charge in [0.1, 0.15) is 5.82 Å². The summed E-state index contributed by atoms with van der Waals surface area (Å²) in [5.41, 5.74) is 0.221. The number of unbranched alkanes of at least 4 members (excludes halogenated alkanes) is 1. The van der Waals surface area contributed by atoms with Crippen molar-refractivity contribution in [3.63, 3.8) is 0 Å². The van der Waals surface area contributed by atoms with Crippen molar-refractivity contribution in [2.75, 3.05) is 5.75 Å². The van der Waals surface area contributed by atoms with Gasteiger partial charge < -0.3 is 4.57 Å². The third-order valence-corrected chi connectivity index (χ3v) is 5.52. The highest BCUT2D eigenvalue weighted by atomic mass is 32.2. The summed E-state index contributed by atoms with van der Waals surface area (Å²) in [6, 6.07) is 5.37. The predicted molar refractivity (Wildman–Crippen MR) is 107 cm³/mol. The second kappa shape index (κ2) is 8.14. The van der Waals surface area contributed by atoms with E-state index in [-0.39, 0.29) is 11.5 Å². The number of imidazole rings is 1. The normalized spacial score (nSPS) is 11.3. The van der Waals surface area contributed by atoms with Crippen LogP contribution in [0.15, 0.2) is 39.0 Å². The van der Waals surface area contributed by atoms with Crippen molar-refractivity contribution in [2.24, 2.45) is 14.1 Å². The molecule has 28 heavy (non-hydrogen) atoms. The Kier molecular flexibility index (Phi) is 5.83. The number of ketones is 1. The Morgan fingerprint density at radius 1 is 1.14 bits per heavy atom. The number of aromatic nitrogens is 4. The zero-order valence-electron chi connectivity index (χ0n) is 15.9. The Bertz CT molecular complexity index is 1150. The molecule has 0 unspecified atom stereocenters. The highest BCUT2D eigenvalue weighted by Gasteiger charge is 2.20. The van der Waals surface area contributed by atoms with Gasteiger partial charge in [0.25, 0.3) is 5.56 Å². The largest absolute Gasteiger partial charge is 0.332 e. The molecular weight excluding hydrogens is 383 g/mol. The SMILES string of the molecule is CCCCn1c(SCC(=O)c2ccc(F)cc2)nc2c1c(=O)n(C)c(=O)n2C. The van der Waals surface area contributed by atoms with Gasteiger partial charge in [-0.3, -0.25) is 18.7 Å². The van der Waals surface area contributed by atoms with Crippen LogP contribution in [0.25, 0.3) is 11.2 Å². The van der Waals surface area contributed by atoms with Gasteiger partial charge in [-0.25, -0.2) is 14.2 Å². The van der Waals surface area contributed by atoms with Gasteiger partial charge in [0.15, 0.2) is 22.1 Å². The summed E-state index contributed by atoms with van der Waals surface area (Å²) < 4.78 is 17.2. The molecule has 3 rings (SSSR count). The summed E-state index contributed by atoms with van der Waals surface area (Å²) in [7, 11) is 3.01. The third kappa shape index (κ3) is 3.66. The number of hydrogen-bond donors (Lipinski definition) is 0. The van der Waals surface area contributed by atoms with E-state index in [1.54, 1.807) is 11.6 Å². The standard InChI is InChI=1S/C19H21FN4O3S/c1-4-5-10-24-15-16(22(2)19(27)23(3)17(15)26)21-18(24)28-11-14(25)12-6-8-13(20)9-7-12/h6-9H,4-5,10-11H2,1-3H3. The van der Waals surface area contributed by atoms with Crippen LogP contribution < -0.4 is 11.2 Å². The summed E-state index contributed by atoms with van der Waals surface area (Å²) in [5.74, 6) is -0.474. The number of aryl methyl sites for hydroxylation is 2. The van der Waals surface area contributed by atoms with E-state index in [0.29, 0.717) is 28.4 Å². The van der Waals surface area contributed by atoms with Gasteiger partial charge in [-0.15, -0.1) is 0 Å². The van der Waals surface area contributed by atoms with Crippen molar-refractivity contribution in [3.05, 3.63) is 56.5 Å². The van der Waals surface area contributed by atoms with E-state index in [1.165, 1.54) is 47.6 Å². The highest BCUT2D eigenvalue weighted by molar-refractivity contribution is 7.99. The van der Waals surface area contributed by atoms with Crippen molar-refractivity contribution in [3.8, 4) is 0 Å². The predicted octanol–water partition coefficient (Wildman–Crippen LogP) is 2.35. The minimum atomic E-state index is -0.448. The molecule has 0 amide bonds. The molecule has 148 valence electrons. The molecule has 9 heteroatoms. The fourth-order valence-electron chi connectivity index (χ4n) is 2.91. The van der Waals surface area contributed by atoms with Crippen LogP contribution in [0.1, 0.15) is 30.1 Å². The summed E-state index contributed by atoms with van der Waals surface area (Å²) in [4.78, 5) is 41.8. The Hall–Kier alpha value is -2.68. The lowest BCUT2D eigenvalue weighted by Crippen LogP contribution is -2.37. The Labute approximate surface area is 164 Å². The number of thioether (sulfide) groups is 1. The minimum absolute atomic E-state index is 0.0926. The number of hydrogen-bond acceptors (Lipinski definition) is 5. The Balaban J connectivity index is 2.00. The number of rotatable bonds is 7. The number of carbonyl (C=O) groups is 1. The van der Waals surface area contributed by atoms with E-state index < -0.39 is 17.1 Å². The fraction of sp³-hybridized carbons (Fsp3) is 0.368. The number of Topliss-reactive ketones (excluding diaryl/α,β-unsaturated/α-hetero) is 1. The third-order valence-electron chi connectivity index (χ3n) is 4.55. The second-order valence-corrected chi connectivity index (χ2v) is 7.44. The Morgan fingerprint density at radius 3 is 2.46 bits per heavy atom. The first-order valence-electron chi connectivity index (χ1n) is 8.93. The number of fused-ring (bicyclic) bond motifs is 1. The number of benzene rings is 1. The van der Waals surface area contributed by atoms with Crippen molar-refractivity contribution in [1.82, 2.24) is 18.7 Å². The highest BCUT2D eigenvalue weighted by Crippen LogP contribution is 2.23. The molecular formula is C19H21FN4O3S. The van der Waals surface area contributed by atoms with E-state index >= 15 is 0 Å². The van der Waals surface area contributed by atoms with Gasteiger partial charge >= 0.3 is 5.69 Å². The fourth-order valence-corrected chi connectivity index (χ4v) is 3.83. The maximum Gasteiger partial charge on any atom is 0.332 e. The van der Waals surface area contributed by atoms with E-state index in [2.05, 4.69) is 4.98 Å². The van der Waals surface area contributed by atoms with Crippen LogP contribution in [-0.2, 0) is 20.6 Å². The first-order chi connectivity index (χ1) is 13.3. The smallest absolute Gasteiger partial charge is 0.313 e. The number of carbonyl (C=O) groups excluding carboxylic acids is 1. The molecule has 0 radical (unpaired) electrons. The van der Waals surface area contributed by atoms with Crippen LogP contribution in [0.5, 0.6) is 0 Å². The molecule has 2 heterocycles. The van der Waals surface area contributed by atoms with E-state index in [0.717, 1.165) is 17.4 Å². The number of nitrogens with zero attached hydrogens (tertiary/aromatic N) is 4. The van der Waals surface area contributed by atoms with E-state index in [1.807, 2.05) is 6.92 Å². The van der Waals surface area contributed by atoms with Gasteiger partial charge in [-0.2, -0.15) is 0 Å². The van der Waals surface area contributed by atoms with Gasteiger partial charge in [-0.05, 0) is 30.7 Å². The second-order valence-electron chi connectivity index (χ2n) is 6.50. The van der Waals surface area contributed by atoms with E-state index in [4.69, 9.17) is 0 Å². The molecule has 0 aliphatic carbocycles. The summed E-state index contributed by atoms with van der Waals surface area (Å²) in [6.07, 6.45) is 1.75. The van der Waals surface area contributed by atoms with Crippen LogP contribution in [0.2, 0.25) is 0 Å². The molecule has 0 bridgehead atoms. The zero-order valence-corrected chi connectivity index (χ0v) is 16.8. The average molecular weight is 404 g/mol. The molecule has 0 aliphatic rings. The van der Waals surface area contributed by atoms with Crippen molar-refractivity contribution < 1.29 is 9.18 Å². The molecule has 1 aromatic carbocycles. The Morgan fingerprint density at radius 2 is 1.82 bits per heavy atom. The molecule has 2 aromatic heterocycles. The average Bonchev–Trinajstić information content (AvgIpc) is 3.06. The summed E-state index contributed by atoms with van der Waals surface area (Å²) >= 11 is 1.20. The van der Waals surface area contributed by atoms with Crippen molar-refractivity contribution in [1.29, 1.82) is 0 Å². The zero-order chi connectivity index (χ0) is 20.4. The van der Waals surface area contributed by atoms with Crippen LogP contribution in [0, 0.1) is 5.82 Å². The van der Waals surface area contributed by atoms with Gasteiger partial charge in [0.05, 0.1) is 5.75 Å². The molecule has 0 saturated heterocycles. The van der Waals surface area contributed by atoms with Gasteiger partial charge in [0.2, 0.25) is 0 Å². The lowest BCUT2D eigenvalue weighted by atomic mass is 10.1. The summed E-state index contributed by atoms with van der Waals surface area (Å²) in [5, 5.41) is 0.511. The van der Waals surface area contributed by atoms with Crippen molar-refractivity contribution in [2.45, 2.75) is 31.5 Å². The van der Waals surface area contributed by atoms with Crippen LogP contribution in [-0.4, -0.2) is 30.2 Å². The van der Waals surface area contributed by atoms with E-state index in [9.17, 15) is 18.8 Å². The molecule has 0 atom stereocenters. The molecule has 0 spiro atoms. The van der Waals surface area contributed by atoms with Crippen LogP contribution >= 0.6 is 11.8 Å². The topological polar surface area (TPSA) is 78.9 Å². The minimum Gasteiger partial charge on any atom is -0.313 e. The van der Waals surface area contributed by atoms with Crippen LogP contribution in [0.4, 0.5) is 4.39 Å². The van der Waals surface area contributed by atoms with Gasteiger partial charge in [0, 0.05) is 26.2 Å². The lowest BCUT2D eigenvalue weighted by molar-refractivity contribution is 0.102. The quantitative estimate of drug-likeness (QED) is 0.446. The first-order valence-corrected chi connectivity index (χ1v) is 9.91. The van der Waals surface area contributed by atoms with Gasteiger partial charge in [-0.1, -0.05) is 25.1 Å². The summed E-state index contributed by atoms with van der Waals surface area (Å²) in [6.45, 7) is 2.60. The maximum atomic E-state index is 13.0. The molecule has 7 nitrogen and oxygen atoms in total. The molecule has 0 saturated carbocycles. The monoisotopic (exact) mass is 404 g/mol. The number of halogens is 1. The molecule has 0 fully saturated rings. The lowest BCUT2D eigenvalue weighted by Gasteiger charge is -2.08. The molecule has 0 N–H and O–H groups in total. The first kappa shape index (κ1) is 20.1. The molecule has 0 aliphatic heterocycles. The van der Waals surface area contributed by atoms with Crippen molar-refractivity contribution >= 4 is 28.7 Å². The maximum absolute atomic E-state index is 13.0. The van der Waals surface area contributed by atoms with Crippen LogP contribution in [0.3, 0.4) is 0 Å².